The number of hydrogen-bond donors (Lipinski definition) is 1. The summed E-state index contributed by atoms with van der Waals surface area (Å²) in [5, 5.41) is 14.4. The average Bonchev–Trinajstić information content (AvgIpc) is 2.82. The maximum atomic E-state index is 5.89. The number of benzene rings is 3. The Labute approximate surface area is 181 Å². The van der Waals surface area contributed by atoms with E-state index in [4.69, 9.17) is 12.6 Å². The molecule has 0 atom stereocenters. The Balaban J connectivity index is 1.43. The van der Waals surface area contributed by atoms with Crippen LogP contribution in [-0.2, 0) is 0 Å². The topological polar surface area (TPSA) is 59.9 Å². The summed E-state index contributed by atoms with van der Waals surface area (Å²) < 4.78 is 5.76. The molecular weight excluding hydrogens is 383 g/mol. The Kier molecular flexibility index (Phi) is 5.03. The molecule has 0 bridgehead atoms. The second-order valence-corrected chi connectivity index (χ2v) is 6.96. The Morgan fingerprint density at radius 2 is 1.45 bits per heavy atom. The van der Waals surface area contributed by atoms with Crippen LogP contribution in [0.25, 0.3) is 22.0 Å². The summed E-state index contributed by atoms with van der Waals surface area (Å²) in [4.78, 5) is 4.15. The van der Waals surface area contributed by atoms with Crippen LogP contribution in [0.3, 0.4) is 0 Å². The molecule has 0 aliphatic heterocycles. The highest BCUT2D eigenvalue weighted by atomic mass is 16.5. The summed E-state index contributed by atoms with van der Waals surface area (Å²) in [7, 11) is 5.89. The Morgan fingerprint density at radius 3 is 2.23 bits per heavy atom. The highest BCUT2D eigenvalue weighted by molar-refractivity contribution is 6.33. The Morgan fingerprint density at radius 1 is 0.710 bits per heavy atom. The quantitative estimate of drug-likeness (QED) is 0.420. The molecule has 0 aliphatic carbocycles. The summed E-state index contributed by atoms with van der Waals surface area (Å²) in [6, 6.07) is 29.2. The minimum atomic E-state index is 0.386. The number of aromatic nitrogens is 3. The van der Waals surface area contributed by atoms with Crippen LogP contribution < -0.4 is 15.5 Å². The van der Waals surface area contributed by atoms with Gasteiger partial charge in [0.05, 0.1) is 0 Å². The lowest BCUT2D eigenvalue weighted by Crippen LogP contribution is -2.07. The van der Waals surface area contributed by atoms with E-state index in [-0.39, 0.29) is 0 Å². The summed E-state index contributed by atoms with van der Waals surface area (Å²) in [5.74, 6) is 1.72. The third kappa shape index (κ3) is 3.96. The van der Waals surface area contributed by atoms with Crippen LogP contribution in [0.4, 0.5) is 11.5 Å². The first-order valence-electron chi connectivity index (χ1n) is 9.84. The van der Waals surface area contributed by atoms with Gasteiger partial charge in [0.2, 0.25) is 5.88 Å². The van der Waals surface area contributed by atoms with Gasteiger partial charge in [-0.25, -0.2) is 4.98 Å². The number of rotatable bonds is 5. The molecule has 5 aromatic rings. The van der Waals surface area contributed by atoms with Crippen LogP contribution in [0, 0.1) is 0 Å². The third-order valence-corrected chi connectivity index (χ3v) is 4.87. The van der Waals surface area contributed by atoms with E-state index in [0.29, 0.717) is 22.9 Å². The number of nitrogens with one attached hydrogen (secondary N) is 1. The second kappa shape index (κ2) is 8.28. The zero-order chi connectivity index (χ0) is 21.0. The molecule has 0 saturated heterocycles. The predicted octanol–water partition coefficient (Wildman–Crippen LogP) is 5.02. The molecule has 0 amide bonds. The van der Waals surface area contributed by atoms with E-state index in [1.807, 2.05) is 72.8 Å². The minimum absolute atomic E-state index is 0.386. The molecule has 2 aromatic heterocycles. The van der Waals surface area contributed by atoms with Crippen molar-refractivity contribution in [3.8, 4) is 22.9 Å². The number of pyridine rings is 1. The number of nitrogens with zero attached hydrogens (tertiary/aromatic N) is 3. The molecule has 2 radical (unpaired) electrons. The van der Waals surface area contributed by atoms with Gasteiger partial charge in [0, 0.05) is 28.2 Å². The van der Waals surface area contributed by atoms with E-state index in [1.54, 1.807) is 18.3 Å². The normalized spacial score (nSPS) is 10.7. The monoisotopic (exact) mass is 400 g/mol. The van der Waals surface area contributed by atoms with Crippen molar-refractivity contribution < 1.29 is 4.74 Å². The van der Waals surface area contributed by atoms with Crippen molar-refractivity contribution in [2.24, 2.45) is 0 Å². The molecule has 3 aromatic carbocycles. The van der Waals surface area contributed by atoms with E-state index in [1.165, 1.54) is 0 Å². The summed E-state index contributed by atoms with van der Waals surface area (Å²) in [6.07, 6.45) is 1.64. The van der Waals surface area contributed by atoms with Crippen molar-refractivity contribution in [1.29, 1.82) is 0 Å². The van der Waals surface area contributed by atoms with Crippen molar-refractivity contribution in [1.82, 2.24) is 15.2 Å². The van der Waals surface area contributed by atoms with E-state index in [2.05, 4.69) is 26.6 Å². The lowest BCUT2D eigenvalue weighted by Gasteiger charge is -2.12. The van der Waals surface area contributed by atoms with Gasteiger partial charge in [-0.2, -0.15) is 0 Å². The fraction of sp³-hybridized carbons (Fsp3) is 0. The van der Waals surface area contributed by atoms with Crippen LogP contribution in [0.1, 0.15) is 0 Å². The van der Waals surface area contributed by atoms with E-state index in [0.717, 1.165) is 27.7 Å². The van der Waals surface area contributed by atoms with E-state index < -0.39 is 0 Å². The molecule has 5 nitrogen and oxygen atoms in total. The van der Waals surface area contributed by atoms with Gasteiger partial charge in [0.15, 0.2) is 5.82 Å². The lowest BCUT2D eigenvalue weighted by molar-refractivity contribution is 0.467. The van der Waals surface area contributed by atoms with Crippen LogP contribution in [0.2, 0.25) is 0 Å². The largest absolute Gasteiger partial charge is 0.440 e. The molecule has 1 N–H and O–H groups in total. The smallest absolute Gasteiger partial charge is 0.211 e. The second-order valence-electron chi connectivity index (χ2n) is 6.96. The summed E-state index contributed by atoms with van der Waals surface area (Å²) in [6.45, 7) is 0. The van der Waals surface area contributed by atoms with Crippen molar-refractivity contribution in [2.45, 2.75) is 0 Å². The molecule has 146 valence electrons. The number of anilines is 2. The van der Waals surface area contributed by atoms with Gasteiger partial charge in [0.1, 0.15) is 19.3 Å². The van der Waals surface area contributed by atoms with Gasteiger partial charge in [-0.1, -0.05) is 60.7 Å². The van der Waals surface area contributed by atoms with Gasteiger partial charge in [-0.05, 0) is 35.8 Å². The van der Waals surface area contributed by atoms with Crippen molar-refractivity contribution in [3.63, 3.8) is 0 Å². The van der Waals surface area contributed by atoms with Crippen LogP contribution in [0.15, 0.2) is 97.2 Å². The molecule has 0 unspecified atom stereocenters. The highest BCUT2D eigenvalue weighted by Gasteiger charge is 2.11. The lowest BCUT2D eigenvalue weighted by atomic mass is 9.98. The van der Waals surface area contributed by atoms with Crippen LogP contribution in [0.5, 0.6) is 11.6 Å². The van der Waals surface area contributed by atoms with Crippen molar-refractivity contribution in [3.05, 3.63) is 97.2 Å². The third-order valence-electron chi connectivity index (χ3n) is 4.87. The maximum absolute atomic E-state index is 5.89. The number of ether oxygens (including phenoxy) is 1. The molecule has 0 aliphatic rings. The molecule has 2 heterocycles. The predicted molar refractivity (Wildman–Crippen MR) is 124 cm³/mol. The van der Waals surface area contributed by atoms with Crippen molar-refractivity contribution in [2.75, 3.05) is 5.32 Å². The Hall–Kier alpha value is -4.19. The highest BCUT2D eigenvalue weighted by Crippen LogP contribution is 2.31. The van der Waals surface area contributed by atoms with Crippen LogP contribution >= 0.6 is 0 Å². The molecule has 0 spiro atoms. The molecule has 5 rings (SSSR count). The molecule has 31 heavy (non-hydrogen) atoms. The zero-order valence-electron chi connectivity index (χ0n) is 16.6. The molecule has 0 saturated carbocycles. The van der Waals surface area contributed by atoms with Crippen LogP contribution in [-0.4, -0.2) is 23.0 Å². The molecular formula is C25H17BN4O. The average molecular weight is 400 g/mol. The van der Waals surface area contributed by atoms with Gasteiger partial charge in [-0.3, -0.25) is 0 Å². The van der Waals surface area contributed by atoms with E-state index >= 15 is 0 Å². The fourth-order valence-electron chi connectivity index (χ4n) is 3.35. The first-order valence-corrected chi connectivity index (χ1v) is 9.84. The van der Waals surface area contributed by atoms with E-state index in [9.17, 15) is 0 Å². The number of hydrogen-bond acceptors (Lipinski definition) is 5. The molecule has 0 fully saturated rings. The van der Waals surface area contributed by atoms with Gasteiger partial charge in [-0.15, -0.1) is 10.2 Å². The summed E-state index contributed by atoms with van der Waals surface area (Å²) in [5.41, 5.74) is 3.25. The van der Waals surface area contributed by atoms with Gasteiger partial charge < -0.3 is 10.1 Å². The fourth-order valence-corrected chi connectivity index (χ4v) is 3.35. The Bertz CT molecular complexity index is 1340. The first-order chi connectivity index (χ1) is 15.3. The van der Waals surface area contributed by atoms with Gasteiger partial charge in [0.25, 0.3) is 0 Å². The minimum Gasteiger partial charge on any atom is -0.440 e. The van der Waals surface area contributed by atoms with Gasteiger partial charge >= 0.3 is 0 Å². The standard InChI is InChI=1S/C25H17BN4O/c26-22-11-6-16-27-25(22)31-19-14-12-18(13-15-19)28-24-21-10-5-4-9-20(21)23(29-30-24)17-7-2-1-3-8-17/h1-16H,(H,28,30). The SMILES string of the molecule is [B]c1cccnc1Oc1ccc(Nc2nnc(-c3ccccc3)c3ccccc23)cc1. The zero-order valence-corrected chi connectivity index (χ0v) is 16.6. The van der Waals surface area contributed by atoms with Crippen molar-refractivity contribution >= 4 is 35.6 Å². The maximum Gasteiger partial charge on any atom is 0.211 e. The number of fused-ring (bicyclic) bond motifs is 1. The summed E-state index contributed by atoms with van der Waals surface area (Å²) >= 11 is 0. The first kappa shape index (κ1) is 18.8. The molecule has 6 heteroatoms.